The minimum absolute atomic E-state index is 0.00301. The lowest BCUT2D eigenvalue weighted by Gasteiger charge is -2.29. The van der Waals surface area contributed by atoms with Gasteiger partial charge in [-0.3, -0.25) is 5.32 Å². The molecule has 0 aliphatic carbocycles. The third-order valence-corrected chi connectivity index (χ3v) is 2.23. The van der Waals surface area contributed by atoms with Crippen LogP contribution in [0.5, 0.6) is 0 Å². The van der Waals surface area contributed by atoms with E-state index in [0.717, 1.165) is 0 Å². The Hall–Kier alpha value is -1.83. The fourth-order valence-electron chi connectivity index (χ4n) is 1.52. The monoisotopic (exact) mass is 272 g/mol. The van der Waals surface area contributed by atoms with Crippen molar-refractivity contribution in [1.82, 2.24) is 15.5 Å². The molecule has 1 rings (SSSR count). The molecule has 0 aromatic heterocycles. The van der Waals surface area contributed by atoms with Crippen molar-refractivity contribution >= 4 is 18.1 Å². The van der Waals surface area contributed by atoms with Gasteiger partial charge in [0.15, 0.2) is 0 Å². The number of ether oxygens (including phenoxy) is 1. The SMILES string of the molecule is CC(C)(C)OC(=O)N=C(NC(=O)O)N1CCNCC1. The zero-order valence-electron chi connectivity index (χ0n) is 11.4. The molecule has 0 aromatic carbocycles. The van der Waals surface area contributed by atoms with Crippen LogP contribution < -0.4 is 10.6 Å². The number of rotatable bonds is 0. The molecular weight excluding hydrogens is 252 g/mol. The summed E-state index contributed by atoms with van der Waals surface area (Å²) in [6.45, 7) is 7.70. The summed E-state index contributed by atoms with van der Waals surface area (Å²) in [5.74, 6) is 0.00301. The summed E-state index contributed by atoms with van der Waals surface area (Å²) in [4.78, 5) is 27.7. The van der Waals surface area contributed by atoms with Crippen molar-refractivity contribution in [3.8, 4) is 0 Å². The lowest BCUT2D eigenvalue weighted by atomic mass is 10.2. The highest BCUT2D eigenvalue weighted by molar-refractivity contribution is 5.98. The van der Waals surface area contributed by atoms with E-state index in [0.29, 0.717) is 26.2 Å². The number of carboxylic acid groups (broad SMARTS) is 1. The molecule has 2 amide bonds. The van der Waals surface area contributed by atoms with Crippen LogP contribution in [0.1, 0.15) is 20.8 Å². The molecule has 3 N–H and O–H groups in total. The number of guanidine groups is 1. The maximum Gasteiger partial charge on any atom is 0.437 e. The average molecular weight is 272 g/mol. The van der Waals surface area contributed by atoms with E-state index in [4.69, 9.17) is 9.84 Å². The van der Waals surface area contributed by atoms with E-state index in [2.05, 4.69) is 15.6 Å². The molecule has 0 bridgehead atoms. The van der Waals surface area contributed by atoms with Gasteiger partial charge in [-0.05, 0) is 20.8 Å². The summed E-state index contributed by atoms with van der Waals surface area (Å²) >= 11 is 0. The summed E-state index contributed by atoms with van der Waals surface area (Å²) in [5, 5.41) is 14.0. The molecule has 1 aliphatic rings. The van der Waals surface area contributed by atoms with Crippen LogP contribution in [0.2, 0.25) is 0 Å². The molecule has 1 saturated heterocycles. The second-order valence-electron chi connectivity index (χ2n) is 5.08. The molecule has 1 heterocycles. The molecule has 19 heavy (non-hydrogen) atoms. The second-order valence-corrected chi connectivity index (χ2v) is 5.08. The molecule has 108 valence electrons. The number of amides is 2. The maximum absolute atomic E-state index is 11.6. The molecule has 0 aromatic rings. The number of hydrogen-bond acceptors (Lipinski definition) is 4. The van der Waals surface area contributed by atoms with Gasteiger partial charge in [0, 0.05) is 26.2 Å². The largest absolute Gasteiger partial charge is 0.465 e. The van der Waals surface area contributed by atoms with Crippen molar-refractivity contribution < 1.29 is 19.4 Å². The van der Waals surface area contributed by atoms with E-state index >= 15 is 0 Å². The van der Waals surface area contributed by atoms with Crippen LogP contribution in [-0.2, 0) is 4.74 Å². The highest BCUT2D eigenvalue weighted by Gasteiger charge is 2.21. The first-order valence-electron chi connectivity index (χ1n) is 6.05. The number of piperazine rings is 1. The van der Waals surface area contributed by atoms with Crippen molar-refractivity contribution in [1.29, 1.82) is 0 Å². The van der Waals surface area contributed by atoms with Gasteiger partial charge in [-0.2, -0.15) is 0 Å². The number of aliphatic imine (C=N–C) groups is 1. The van der Waals surface area contributed by atoms with Crippen molar-refractivity contribution in [3.05, 3.63) is 0 Å². The third-order valence-electron chi connectivity index (χ3n) is 2.23. The van der Waals surface area contributed by atoms with Gasteiger partial charge < -0.3 is 20.1 Å². The standard InChI is InChI=1S/C11H20N4O4/c1-11(2,3)19-10(18)14-8(13-9(16)17)15-6-4-12-5-7-15/h12H,4-7H2,1-3H3,(H,16,17)(H,13,14,18). The van der Waals surface area contributed by atoms with Gasteiger partial charge in [-0.15, -0.1) is 4.99 Å². The van der Waals surface area contributed by atoms with E-state index in [1.807, 2.05) is 0 Å². The molecule has 0 saturated carbocycles. The summed E-state index contributed by atoms with van der Waals surface area (Å²) in [6.07, 6.45) is -2.07. The molecular formula is C11H20N4O4. The predicted molar refractivity (Wildman–Crippen MR) is 69.3 cm³/mol. The first-order chi connectivity index (χ1) is 8.78. The Balaban J connectivity index is 2.77. The minimum Gasteiger partial charge on any atom is -0.465 e. The molecule has 8 nitrogen and oxygen atoms in total. The van der Waals surface area contributed by atoms with Crippen molar-refractivity contribution in [2.75, 3.05) is 26.2 Å². The van der Waals surface area contributed by atoms with Gasteiger partial charge >= 0.3 is 12.2 Å². The molecule has 8 heteroatoms. The van der Waals surface area contributed by atoms with E-state index in [9.17, 15) is 9.59 Å². The van der Waals surface area contributed by atoms with Gasteiger partial charge in [0.25, 0.3) is 0 Å². The van der Waals surface area contributed by atoms with Gasteiger partial charge in [-0.25, -0.2) is 9.59 Å². The number of hydrogen-bond donors (Lipinski definition) is 3. The van der Waals surface area contributed by atoms with Crippen LogP contribution >= 0.6 is 0 Å². The Labute approximate surface area is 111 Å². The fourth-order valence-corrected chi connectivity index (χ4v) is 1.52. The highest BCUT2D eigenvalue weighted by atomic mass is 16.6. The van der Waals surface area contributed by atoms with Crippen LogP contribution in [0.3, 0.4) is 0 Å². The molecule has 0 spiro atoms. The van der Waals surface area contributed by atoms with E-state index < -0.39 is 17.8 Å². The van der Waals surface area contributed by atoms with E-state index in [-0.39, 0.29) is 5.96 Å². The Morgan fingerprint density at radius 1 is 1.32 bits per heavy atom. The topological polar surface area (TPSA) is 103 Å². The Bertz CT molecular complexity index is 369. The number of nitrogens with zero attached hydrogens (tertiary/aromatic N) is 2. The Morgan fingerprint density at radius 3 is 2.37 bits per heavy atom. The smallest absolute Gasteiger partial charge is 0.437 e. The van der Waals surface area contributed by atoms with Gasteiger partial charge in [-0.1, -0.05) is 0 Å². The Kier molecular flexibility index (Phi) is 5.11. The fraction of sp³-hybridized carbons (Fsp3) is 0.727. The number of carbonyl (C=O) groups excluding carboxylic acids is 1. The summed E-state index contributed by atoms with van der Waals surface area (Å²) < 4.78 is 5.04. The van der Waals surface area contributed by atoms with Crippen LogP contribution in [-0.4, -0.2) is 59.9 Å². The predicted octanol–water partition coefficient (Wildman–Crippen LogP) is 0.450. The molecule has 0 atom stereocenters. The lowest BCUT2D eigenvalue weighted by molar-refractivity contribution is 0.0601. The van der Waals surface area contributed by atoms with Crippen molar-refractivity contribution in [2.45, 2.75) is 26.4 Å². The van der Waals surface area contributed by atoms with Crippen LogP contribution in [0.15, 0.2) is 4.99 Å². The first kappa shape index (κ1) is 15.2. The number of nitrogens with one attached hydrogen (secondary N) is 2. The summed E-state index contributed by atoms with van der Waals surface area (Å²) in [6, 6.07) is 0. The van der Waals surface area contributed by atoms with Gasteiger partial charge in [0.05, 0.1) is 0 Å². The van der Waals surface area contributed by atoms with Crippen LogP contribution in [0.4, 0.5) is 9.59 Å². The van der Waals surface area contributed by atoms with Gasteiger partial charge in [0.1, 0.15) is 5.60 Å². The summed E-state index contributed by atoms with van der Waals surface area (Å²) in [7, 11) is 0. The zero-order valence-corrected chi connectivity index (χ0v) is 11.4. The molecule has 0 unspecified atom stereocenters. The summed E-state index contributed by atoms with van der Waals surface area (Å²) in [5.41, 5.74) is -0.668. The maximum atomic E-state index is 11.6. The zero-order chi connectivity index (χ0) is 14.5. The quantitative estimate of drug-likeness (QED) is 0.437. The van der Waals surface area contributed by atoms with E-state index in [1.165, 1.54) is 0 Å². The lowest BCUT2D eigenvalue weighted by Crippen LogP contribution is -2.52. The highest BCUT2D eigenvalue weighted by Crippen LogP contribution is 2.08. The third kappa shape index (κ3) is 6.05. The first-order valence-corrected chi connectivity index (χ1v) is 6.05. The van der Waals surface area contributed by atoms with Crippen molar-refractivity contribution in [3.63, 3.8) is 0 Å². The van der Waals surface area contributed by atoms with Crippen molar-refractivity contribution in [2.24, 2.45) is 4.99 Å². The van der Waals surface area contributed by atoms with Crippen LogP contribution in [0.25, 0.3) is 0 Å². The van der Waals surface area contributed by atoms with Crippen LogP contribution in [0, 0.1) is 0 Å². The minimum atomic E-state index is -1.26. The van der Waals surface area contributed by atoms with E-state index in [1.54, 1.807) is 25.7 Å². The average Bonchev–Trinajstić information content (AvgIpc) is 2.26. The number of carbonyl (C=O) groups is 2. The van der Waals surface area contributed by atoms with Gasteiger partial charge in [0.2, 0.25) is 5.96 Å². The molecule has 0 radical (unpaired) electrons. The molecule has 1 aliphatic heterocycles. The normalized spacial score (nSPS) is 17.0. The second kappa shape index (κ2) is 6.37. The molecule has 1 fully saturated rings. The Morgan fingerprint density at radius 2 is 1.89 bits per heavy atom.